The van der Waals surface area contributed by atoms with Gasteiger partial charge in [0, 0.05) is 17.0 Å². The summed E-state index contributed by atoms with van der Waals surface area (Å²) in [5.74, 6) is -1.91. The number of nitrogens with zero attached hydrogens (tertiary/aromatic N) is 2. The van der Waals surface area contributed by atoms with Gasteiger partial charge in [-0.15, -0.1) is 0 Å². The van der Waals surface area contributed by atoms with Crippen LogP contribution >= 0.6 is 0 Å². The zero-order valence-electron chi connectivity index (χ0n) is 9.48. The lowest BCUT2D eigenvalue weighted by molar-refractivity contribution is -0.0939. The van der Waals surface area contributed by atoms with E-state index < -0.39 is 12.1 Å². The zero-order chi connectivity index (χ0) is 13.6. The zero-order valence-corrected chi connectivity index (χ0v) is 9.48. The molecule has 3 nitrogen and oxygen atoms in total. The molecule has 0 fully saturated rings. The van der Waals surface area contributed by atoms with Crippen LogP contribution in [0.1, 0.15) is 4.79 Å². The quantitative estimate of drug-likeness (QED) is 0.623. The molecule has 6 heteroatoms. The third-order valence-electron chi connectivity index (χ3n) is 2.92. The lowest BCUT2D eigenvalue weighted by Crippen LogP contribution is -2.28. The molecule has 0 saturated heterocycles. The average molecular weight is 264 g/mol. The van der Waals surface area contributed by atoms with Crippen molar-refractivity contribution in [3.63, 3.8) is 0 Å². The second-order valence-corrected chi connectivity index (χ2v) is 4.05. The molecule has 0 aliphatic carbocycles. The smallest absolute Gasteiger partial charge is 0.270 e. The summed E-state index contributed by atoms with van der Waals surface area (Å²) in [6.07, 6.45) is -2.18. The SMILES string of the molecule is O=C(n1c2ccccc2c2ccncc21)C(F)(F)F. The highest BCUT2D eigenvalue weighted by molar-refractivity contribution is 6.13. The van der Waals surface area contributed by atoms with Gasteiger partial charge in [-0.3, -0.25) is 14.3 Å². The molecule has 0 radical (unpaired) electrons. The van der Waals surface area contributed by atoms with Gasteiger partial charge in [0.2, 0.25) is 0 Å². The Morgan fingerprint density at radius 2 is 1.74 bits per heavy atom. The van der Waals surface area contributed by atoms with Gasteiger partial charge in [-0.2, -0.15) is 13.2 Å². The van der Waals surface area contributed by atoms with E-state index in [4.69, 9.17) is 0 Å². The van der Waals surface area contributed by atoms with E-state index in [0.29, 0.717) is 15.3 Å². The maximum absolute atomic E-state index is 12.7. The van der Waals surface area contributed by atoms with Crippen LogP contribution in [-0.2, 0) is 0 Å². The van der Waals surface area contributed by atoms with Crippen molar-refractivity contribution in [3.8, 4) is 0 Å². The molecule has 3 rings (SSSR count). The van der Waals surface area contributed by atoms with Crippen molar-refractivity contribution in [3.05, 3.63) is 42.7 Å². The highest BCUT2D eigenvalue weighted by Gasteiger charge is 2.41. The predicted octanol–water partition coefficient (Wildman–Crippen LogP) is 3.39. The van der Waals surface area contributed by atoms with Gasteiger partial charge in [0.1, 0.15) is 0 Å². The van der Waals surface area contributed by atoms with E-state index in [1.54, 1.807) is 24.3 Å². The summed E-state index contributed by atoms with van der Waals surface area (Å²) in [5, 5.41) is 1.17. The second-order valence-electron chi connectivity index (χ2n) is 4.05. The minimum atomic E-state index is -4.93. The van der Waals surface area contributed by atoms with E-state index >= 15 is 0 Å². The number of carbonyl (C=O) groups is 1. The third kappa shape index (κ3) is 1.68. The van der Waals surface area contributed by atoms with Gasteiger partial charge in [-0.05, 0) is 12.1 Å². The number of pyridine rings is 1. The van der Waals surface area contributed by atoms with Crippen molar-refractivity contribution in [2.45, 2.75) is 6.18 Å². The summed E-state index contributed by atoms with van der Waals surface area (Å²) < 4.78 is 38.7. The van der Waals surface area contributed by atoms with Crippen LogP contribution in [0.15, 0.2) is 42.7 Å². The summed E-state index contributed by atoms with van der Waals surface area (Å²) in [6, 6.07) is 8.06. The van der Waals surface area contributed by atoms with E-state index in [1.807, 2.05) is 0 Å². The minimum Gasteiger partial charge on any atom is -0.270 e. The summed E-state index contributed by atoms with van der Waals surface area (Å²) in [4.78, 5) is 15.4. The summed E-state index contributed by atoms with van der Waals surface area (Å²) in [7, 11) is 0. The highest BCUT2D eigenvalue weighted by Crippen LogP contribution is 2.30. The van der Waals surface area contributed by atoms with Crippen LogP contribution in [0.3, 0.4) is 0 Å². The maximum atomic E-state index is 12.7. The first-order chi connectivity index (χ1) is 9.00. The van der Waals surface area contributed by atoms with Gasteiger partial charge in [-0.1, -0.05) is 18.2 Å². The van der Waals surface area contributed by atoms with Crippen LogP contribution in [-0.4, -0.2) is 21.6 Å². The first kappa shape index (κ1) is 11.7. The van der Waals surface area contributed by atoms with Gasteiger partial charge in [0.05, 0.1) is 17.2 Å². The molecule has 96 valence electrons. The first-order valence-electron chi connectivity index (χ1n) is 5.45. The average Bonchev–Trinajstić information content (AvgIpc) is 2.71. The Hall–Kier alpha value is -2.37. The molecule has 0 amide bonds. The second kappa shape index (κ2) is 3.81. The number of para-hydroxylation sites is 1. The first-order valence-corrected chi connectivity index (χ1v) is 5.45. The summed E-state index contributed by atoms with van der Waals surface area (Å²) >= 11 is 0. The molecule has 0 saturated carbocycles. The standard InChI is InChI=1S/C13H7F3N2O/c14-13(15,16)12(19)18-10-4-2-1-3-8(10)9-5-6-17-7-11(9)18/h1-7H. The number of carbonyl (C=O) groups excluding carboxylic acids is 1. The largest absolute Gasteiger partial charge is 0.472 e. The topological polar surface area (TPSA) is 34.9 Å². The third-order valence-corrected chi connectivity index (χ3v) is 2.92. The number of alkyl halides is 3. The Balaban J connectivity index is 2.47. The van der Waals surface area contributed by atoms with E-state index in [1.165, 1.54) is 18.5 Å². The van der Waals surface area contributed by atoms with Gasteiger partial charge >= 0.3 is 12.1 Å². The van der Waals surface area contributed by atoms with Gasteiger partial charge in [0.15, 0.2) is 0 Å². The molecule has 19 heavy (non-hydrogen) atoms. The minimum absolute atomic E-state index is 0.158. The van der Waals surface area contributed by atoms with Crippen LogP contribution < -0.4 is 0 Å². The summed E-state index contributed by atoms with van der Waals surface area (Å²) in [6.45, 7) is 0. The van der Waals surface area contributed by atoms with Crippen LogP contribution in [0, 0.1) is 0 Å². The van der Waals surface area contributed by atoms with Crippen molar-refractivity contribution in [1.29, 1.82) is 0 Å². The Labute approximate surface area is 105 Å². The number of fused-ring (bicyclic) bond motifs is 3. The molecular weight excluding hydrogens is 257 g/mol. The van der Waals surface area contributed by atoms with E-state index in [0.717, 1.165) is 0 Å². The van der Waals surface area contributed by atoms with Gasteiger partial charge in [-0.25, -0.2) is 0 Å². The van der Waals surface area contributed by atoms with Crippen molar-refractivity contribution >= 4 is 27.7 Å². The number of benzene rings is 1. The highest BCUT2D eigenvalue weighted by atomic mass is 19.4. The van der Waals surface area contributed by atoms with Crippen LogP contribution in [0.5, 0.6) is 0 Å². The molecule has 0 unspecified atom stereocenters. The lowest BCUT2D eigenvalue weighted by Gasteiger charge is -2.08. The Bertz CT molecular complexity index is 736. The predicted molar refractivity (Wildman–Crippen MR) is 63.9 cm³/mol. The number of hydrogen-bond donors (Lipinski definition) is 0. The Kier molecular flexibility index (Phi) is 2.35. The van der Waals surface area contributed by atoms with Gasteiger partial charge < -0.3 is 0 Å². The van der Waals surface area contributed by atoms with Crippen LogP contribution in [0.2, 0.25) is 0 Å². The lowest BCUT2D eigenvalue weighted by atomic mass is 10.2. The molecule has 2 aromatic heterocycles. The Morgan fingerprint density at radius 1 is 1.05 bits per heavy atom. The molecule has 0 bridgehead atoms. The maximum Gasteiger partial charge on any atom is 0.472 e. The fourth-order valence-corrected chi connectivity index (χ4v) is 2.16. The van der Waals surface area contributed by atoms with Crippen LogP contribution in [0.25, 0.3) is 21.8 Å². The molecule has 0 spiro atoms. The molecular formula is C13H7F3N2O. The van der Waals surface area contributed by atoms with Gasteiger partial charge in [0.25, 0.3) is 0 Å². The molecule has 1 aromatic carbocycles. The Morgan fingerprint density at radius 3 is 2.47 bits per heavy atom. The van der Waals surface area contributed by atoms with E-state index in [-0.39, 0.29) is 11.0 Å². The van der Waals surface area contributed by atoms with Crippen molar-refractivity contribution in [2.24, 2.45) is 0 Å². The number of halogens is 3. The summed E-state index contributed by atoms with van der Waals surface area (Å²) in [5.41, 5.74) is 0.388. The van der Waals surface area contributed by atoms with Crippen LogP contribution in [0.4, 0.5) is 13.2 Å². The molecule has 2 heterocycles. The number of rotatable bonds is 0. The molecule has 0 aliphatic heterocycles. The fraction of sp³-hybridized carbons (Fsp3) is 0.0769. The molecule has 0 atom stereocenters. The van der Waals surface area contributed by atoms with Crippen molar-refractivity contribution in [1.82, 2.24) is 9.55 Å². The molecule has 0 N–H and O–H groups in total. The van der Waals surface area contributed by atoms with Crippen molar-refractivity contribution < 1.29 is 18.0 Å². The normalized spacial score (nSPS) is 12.2. The molecule has 0 aliphatic rings. The molecule has 3 aromatic rings. The number of hydrogen-bond acceptors (Lipinski definition) is 2. The van der Waals surface area contributed by atoms with Crippen molar-refractivity contribution in [2.75, 3.05) is 0 Å². The number of aromatic nitrogens is 2. The monoisotopic (exact) mass is 264 g/mol. The van der Waals surface area contributed by atoms with E-state index in [2.05, 4.69) is 4.98 Å². The fourth-order valence-electron chi connectivity index (χ4n) is 2.16. The van der Waals surface area contributed by atoms with E-state index in [9.17, 15) is 18.0 Å².